The molecule has 4 heterocycles. The highest BCUT2D eigenvalue weighted by molar-refractivity contribution is 7.09. The summed E-state index contributed by atoms with van der Waals surface area (Å²) >= 11 is 1.74. The fourth-order valence-corrected chi connectivity index (χ4v) is 3.86. The van der Waals surface area contributed by atoms with Crippen LogP contribution >= 0.6 is 11.3 Å². The second kappa shape index (κ2) is 7.67. The molecule has 0 saturated carbocycles. The molecule has 1 aliphatic rings. The molecule has 3 aromatic rings. The zero-order valence-corrected chi connectivity index (χ0v) is 14.7. The second-order valence-electron chi connectivity index (χ2n) is 6.21. The Bertz CT molecular complexity index is 784. The highest BCUT2D eigenvalue weighted by atomic mass is 32.1. The Hall–Kier alpha value is -2.38. The van der Waals surface area contributed by atoms with Crippen LogP contribution in [0.1, 0.15) is 29.2 Å². The standard InChI is InChI=1S/C18H20N6S/c1-4-21-17(23-18-11-19-5-6-22-18)9-15(1)14-2-7-24(8-3-14)12-16-10-20-13-25-16/h1,4-6,9-11,13-14H,2-3,7-8,12H2,(H,21,22,23). The molecule has 6 nitrogen and oxygen atoms in total. The van der Waals surface area contributed by atoms with Crippen molar-refractivity contribution < 1.29 is 0 Å². The van der Waals surface area contributed by atoms with Crippen LogP contribution in [0.25, 0.3) is 0 Å². The third-order valence-electron chi connectivity index (χ3n) is 4.53. The molecule has 0 aromatic carbocycles. The van der Waals surface area contributed by atoms with Gasteiger partial charge in [0.15, 0.2) is 0 Å². The number of nitrogens with zero attached hydrogens (tertiary/aromatic N) is 5. The molecule has 0 bridgehead atoms. The van der Waals surface area contributed by atoms with Crippen molar-refractivity contribution in [1.29, 1.82) is 0 Å². The summed E-state index contributed by atoms with van der Waals surface area (Å²) in [4.78, 5) is 20.7. The van der Waals surface area contributed by atoms with Crippen molar-refractivity contribution in [2.75, 3.05) is 18.4 Å². The van der Waals surface area contributed by atoms with Crippen LogP contribution in [0.4, 0.5) is 11.6 Å². The molecule has 1 fully saturated rings. The van der Waals surface area contributed by atoms with Gasteiger partial charge in [-0.05, 0) is 49.5 Å². The van der Waals surface area contributed by atoms with Crippen molar-refractivity contribution in [3.8, 4) is 0 Å². The largest absolute Gasteiger partial charge is 0.324 e. The van der Waals surface area contributed by atoms with Crippen molar-refractivity contribution >= 4 is 23.0 Å². The minimum atomic E-state index is 0.586. The molecule has 0 spiro atoms. The van der Waals surface area contributed by atoms with Gasteiger partial charge in [0.25, 0.3) is 0 Å². The average Bonchev–Trinajstić information content (AvgIpc) is 3.16. The number of nitrogens with one attached hydrogen (secondary N) is 1. The number of aromatic nitrogens is 4. The fourth-order valence-electron chi connectivity index (χ4n) is 3.23. The van der Waals surface area contributed by atoms with E-state index in [1.165, 1.54) is 23.3 Å². The number of anilines is 2. The zero-order chi connectivity index (χ0) is 16.9. The van der Waals surface area contributed by atoms with E-state index in [2.05, 4.69) is 42.3 Å². The van der Waals surface area contributed by atoms with Gasteiger partial charge in [0.2, 0.25) is 0 Å². The molecule has 0 atom stereocenters. The number of hydrogen-bond acceptors (Lipinski definition) is 7. The number of likely N-dealkylation sites (tertiary alicyclic amines) is 1. The normalized spacial score (nSPS) is 16.0. The number of thiazole rings is 1. The van der Waals surface area contributed by atoms with Crippen LogP contribution in [0.15, 0.2) is 48.6 Å². The summed E-state index contributed by atoms with van der Waals surface area (Å²) in [7, 11) is 0. The SMILES string of the molecule is c1cnc(Nc2cc(C3CCN(Cc4cncs4)CC3)ccn2)cn1. The lowest BCUT2D eigenvalue weighted by atomic mass is 9.90. The molecule has 3 aromatic heterocycles. The van der Waals surface area contributed by atoms with Crippen LogP contribution in [-0.2, 0) is 6.54 Å². The number of pyridine rings is 1. The van der Waals surface area contributed by atoms with Gasteiger partial charge in [-0.2, -0.15) is 0 Å². The first-order valence-corrected chi connectivity index (χ1v) is 9.33. The number of rotatable bonds is 5. The van der Waals surface area contributed by atoms with Crippen molar-refractivity contribution in [3.05, 3.63) is 59.1 Å². The van der Waals surface area contributed by atoms with E-state index in [0.29, 0.717) is 11.7 Å². The van der Waals surface area contributed by atoms with Gasteiger partial charge in [-0.1, -0.05) is 0 Å². The van der Waals surface area contributed by atoms with Crippen LogP contribution in [0.5, 0.6) is 0 Å². The summed E-state index contributed by atoms with van der Waals surface area (Å²) in [5.41, 5.74) is 3.25. The summed E-state index contributed by atoms with van der Waals surface area (Å²) in [6.07, 6.45) is 11.2. The molecule has 0 radical (unpaired) electrons. The first-order chi connectivity index (χ1) is 12.4. The van der Waals surface area contributed by atoms with E-state index in [9.17, 15) is 0 Å². The van der Waals surface area contributed by atoms with E-state index in [-0.39, 0.29) is 0 Å². The quantitative estimate of drug-likeness (QED) is 0.759. The molecule has 1 aliphatic heterocycles. The third kappa shape index (κ3) is 4.18. The molecule has 4 rings (SSSR count). The molecule has 0 aliphatic carbocycles. The first-order valence-electron chi connectivity index (χ1n) is 8.45. The minimum Gasteiger partial charge on any atom is -0.324 e. The molecular weight excluding hydrogens is 332 g/mol. The maximum absolute atomic E-state index is 4.40. The summed E-state index contributed by atoms with van der Waals surface area (Å²) in [5, 5.41) is 3.22. The maximum atomic E-state index is 4.40. The molecule has 128 valence electrons. The van der Waals surface area contributed by atoms with E-state index in [0.717, 1.165) is 25.5 Å². The van der Waals surface area contributed by atoms with Crippen LogP contribution in [0, 0.1) is 0 Å². The Kier molecular flexibility index (Phi) is 4.94. The number of hydrogen-bond donors (Lipinski definition) is 1. The monoisotopic (exact) mass is 352 g/mol. The van der Waals surface area contributed by atoms with Gasteiger partial charge < -0.3 is 5.32 Å². The molecule has 0 amide bonds. The molecular formula is C18H20N6S. The van der Waals surface area contributed by atoms with Gasteiger partial charge in [0.05, 0.1) is 11.7 Å². The predicted molar refractivity (Wildman–Crippen MR) is 98.9 cm³/mol. The first kappa shape index (κ1) is 16.1. The van der Waals surface area contributed by atoms with Crippen molar-refractivity contribution in [2.24, 2.45) is 0 Å². The highest BCUT2D eigenvalue weighted by Crippen LogP contribution is 2.30. The van der Waals surface area contributed by atoms with Crippen molar-refractivity contribution in [1.82, 2.24) is 24.8 Å². The molecule has 1 saturated heterocycles. The van der Waals surface area contributed by atoms with Crippen LogP contribution in [-0.4, -0.2) is 37.9 Å². The third-order valence-corrected chi connectivity index (χ3v) is 5.29. The Morgan fingerprint density at radius 3 is 2.68 bits per heavy atom. The zero-order valence-electron chi connectivity index (χ0n) is 13.9. The minimum absolute atomic E-state index is 0.586. The van der Waals surface area contributed by atoms with E-state index < -0.39 is 0 Å². The highest BCUT2D eigenvalue weighted by Gasteiger charge is 2.21. The molecule has 1 N–H and O–H groups in total. The van der Waals surface area contributed by atoms with E-state index in [4.69, 9.17) is 0 Å². The maximum Gasteiger partial charge on any atom is 0.150 e. The van der Waals surface area contributed by atoms with Crippen molar-refractivity contribution in [2.45, 2.75) is 25.3 Å². The van der Waals surface area contributed by atoms with Crippen molar-refractivity contribution in [3.63, 3.8) is 0 Å². The smallest absolute Gasteiger partial charge is 0.150 e. The molecule has 0 unspecified atom stereocenters. The van der Waals surface area contributed by atoms with Crippen LogP contribution in [0.3, 0.4) is 0 Å². The van der Waals surface area contributed by atoms with Gasteiger partial charge in [-0.25, -0.2) is 9.97 Å². The van der Waals surface area contributed by atoms with Gasteiger partial charge >= 0.3 is 0 Å². The van der Waals surface area contributed by atoms with Gasteiger partial charge in [-0.3, -0.25) is 14.9 Å². The Balaban J connectivity index is 1.37. The summed E-state index contributed by atoms with van der Waals surface area (Å²) in [5.74, 6) is 2.12. The lowest BCUT2D eigenvalue weighted by Gasteiger charge is -2.31. The number of piperidine rings is 1. The van der Waals surface area contributed by atoms with Crippen LogP contribution in [0.2, 0.25) is 0 Å². The topological polar surface area (TPSA) is 66.8 Å². The Labute approximate surface area is 151 Å². The molecule has 7 heteroatoms. The second-order valence-corrected chi connectivity index (χ2v) is 7.18. The Morgan fingerprint density at radius 2 is 1.92 bits per heavy atom. The van der Waals surface area contributed by atoms with Crippen LogP contribution < -0.4 is 5.32 Å². The van der Waals surface area contributed by atoms with E-state index in [1.54, 1.807) is 29.9 Å². The average molecular weight is 352 g/mol. The van der Waals surface area contributed by atoms with Gasteiger partial charge in [0.1, 0.15) is 11.6 Å². The summed E-state index contributed by atoms with van der Waals surface area (Å²) in [6.45, 7) is 3.27. The molecule has 25 heavy (non-hydrogen) atoms. The Morgan fingerprint density at radius 1 is 1.04 bits per heavy atom. The van der Waals surface area contributed by atoms with Gasteiger partial charge in [-0.15, -0.1) is 11.3 Å². The van der Waals surface area contributed by atoms with Gasteiger partial charge in [0, 0.05) is 36.2 Å². The lowest BCUT2D eigenvalue weighted by molar-refractivity contribution is 0.206. The fraction of sp³-hybridized carbons (Fsp3) is 0.333. The van der Waals surface area contributed by atoms with E-state index in [1.807, 2.05) is 17.9 Å². The summed E-state index contributed by atoms with van der Waals surface area (Å²) in [6, 6.07) is 4.27. The van der Waals surface area contributed by atoms with E-state index >= 15 is 0 Å². The predicted octanol–water partition coefficient (Wildman–Crippen LogP) is 3.45. The summed E-state index contributed by atoms with van der Waals surface area (Å²) < 4.78 is 0. The lowest BCUT2D eigenvalue weighted by Crippen LogP contribution is -2.32.